The molecule has 3 heterocycles. The van der Waals surface area contributed by atoms with Gasteiger partial charge in [-0.1, -0.05) is 30.7 Å². The van der Waals surface area contributed by atoms with E-state index in [4.69, 9.17) is 16.3 Å². The fraction of sp³-hybridized carbons (Fsp3) is 0.621. The van der Waals surface area contributed by atoms with Gasteiger partial charge in [0.2, 0.25) is 5.91 Å². The van der Waals surface area contributed by atoms with Crippen LogP contribution in [-0.2, 0) is 16.0 Å². The van der Waals surface area contributed by atoms with Crippen LogP contribution < -0.4 is 10.2 Å². The van der Waals surface area contributed by atoms with Crippen molar-refractivity contribution in [3.05, 3.63) is 52.4 Å². The molecule has 0 radical (unpaired) electrons. The number of amides is 1. The quantitative estimate of drug-likeness (QED) is 0.503. The highest BCUT2D eigenvalue weighted by Gasteiger charge is 2.32. The van der Waals surface area contributed by atoms with Crippen LogP contribution in [0.5, 0.6) is 0 Å². The minimum atomic E-state index is -0.260. The molecule has 2 saturated heterocycles. The first-order valence-corrected chi connectivity index (χ1v) is 14.5. The molecule has 8 nitrogen and oxygen atoms in total. The third kappa shape index (κ3) is 6.14. The summed E-state index contributed by atoms with van der Waals surface area (Å²) in [5, 5.41) is 14.2. The first-order valence-electron chi connectivity index (χ1n) is 14.1. The monoisotopic (exact) mass is 541 g/mol. The van der Waals surface area contributed by atoms with E-state index in [1.807, 2.05) is 29.2 Å². The molecule has 9 heteroatoms. The Balaban J connectivity index is 1.23. The average molecular weight is 542 g/mol. The molecule has 2 N–H and O–H groups in total. The summed E-state index contributed by atoms with van der Waals surface area (Å²) < 4.78 is 5.49. The highest BCUT2D eigenvalue weighted by molar-refractivity contribution is 6.30. The van der Waals surface area contributed by atoms with E-state index in [0.717, 1.165) is 63.4 Å². The maximum Gasteiger partial charge on any atom is 0.230 e. The summed E-state index contributed by atoms with van der Waals surface area (Å²) in [5.41, 5.74) is 3.45. The Bertz CT molecular complexity index is 1070. The van der Waals surface area contributed by atoms with Crippen molar-refractivity contribution >= 4 is 23.3 Å². The normalized spacial score (nSPS) is 21.8. The van der Waals surface area contributed by atoms with Gasteiger partial charge in [0.25, 0.3) is 0 Å². The highest BCUT2D eigenvalue weighted by Crippen LogP contribution is 2.37. The molecule has 0 saturated carbocycles. The van der Waals surface area contributed by atoms with Crippen molar-refractivity contribution in [3.8, 4) is 0 Å². The Morgan fingerprint density at radius 3 is 2.58 bits per heavy atom. The molecule has 5 rings (SSSR count). The van der Waals surface area contributed by atoms with Gasteiger partial charge in [-0.3, -0.25) is 4.79 Å². The summed E-state index contributed by atoms with van der Waals surface area (Å²) >= 11 is 6.16. The van der Waals surface area contributed by atoms with Crippen LogP contribution >= 0.6 is 11.6 Å². The standard InChI is InChI=1S/C29H40ClN5O3/c1-20-2-7-25-27(20)28(33-19-32-25)34-12-14-35(15-13-34)29(37)24(21-3-5-23(30)6-4-21)8-11-31-26(18-36)22-9-16-38-17-10-22/h3-6,19-20,22,24,26,31,36H,2,7-18H2,1H3/t20-,24-,26?/m1/s1. The van der Waals surface area contributed by atoms with Crippen LogP contribution in [-0.4, -0.2) is 84.5 Å². The van der Waals surface area contributed by atoms with Crippen LogP contribution in [0.3, 0.4) is 0 Å². The fourth-order valence-corrected chi connectivity index (χ4v) is 6.40. The number of piperazine rings is 1. The first-order chi connectivity index (χ1) is 18.5. The second-order valence-corrected chi connectivity index (χ2v) is 11.3. The zero-order valence-corrected chi connectivity index (χ0v) is 23.1. The van der Waals surface area contributed by atoms with Crippen LogP contribution in [0.25, 0.3) is 0 Å². The molecule has 0 spiro atoms. The number of carbonyl (C=O) groups excluding carboxylic acids is 1. The lowest BCUT2D eigenvalue weighted by Crippen LogP contribution is -2.51. The largest absolute Gasteiger partial charge is 0.395 e. The Morgan fingerprint density at radius 2 is 1.87 bits per heavy atom. The van der Waals surface area contributed by atoms with E-state index in [-0.39, 0.29) is 24.5 Å². The van der Waals surface area contributed by atoms with Crippen LogP contribution in [0, 0.1) is 5.92 Å². The molecule has 0 bridgehead atoms. The zero-order chi connectivity index (χ0) is 26.5. The number of hydrogen-bond donors (Lipinski definition) is 2. The van der Waals surface area contributed by atoms with E-state index in [2.05, 4.69) is 27.1 Å². The van der Waals surface area contributed by atoms with Gasteiger partial charge >= 0.3 is 0 Å². The van der Waals surface area contributed by atoms with Gasteiger partial charge in [0.15, 0.2) is 0 Å². The third-order valence-electron chi connectivity index (χ3n) is 8.58. The number of ether oxygens (including phenoxy) is 1. The van der Waals surface area contributed by atoms with Crippen molar-refractivity contribution in [2.24, 2.45) is 5.92 Å². The molecular formula is C29H40ClN5O3. The summed E-state index contributed by atoms with van der Waals surface area (Å²) in [4.78, 5) is 27.4. The molecule has 2 fully saturated rings. The molecule has 1 amide bonds. The van der Waals surface area contributed by atoms with Crippen LogP contribution in [0.2, 0.25) is 5.02 Å². The maximum atomic E-state index is 13.9. The predicted octanol–water partition coefficient (Wildman–Crippen LogP) is 3.38. The maximum absolute atomic E-state index is 13.9. The summed E-state index contributed by atoms with van der Waals surface area (Å²) in [7, 11) is 0. The number of aryl methyl sites for hydroxylation is 1. The van der Waals surface area contributed by atoms with Gasteiger partial charge in [0, 0.05) is 61.7 Å². The van der Waals surface area contributed by atoms with Crippen LogP contribution in [0.1, 0.15) is 61.3 Å². The molecule has 2 aliphatic heterocycles. The van der Waals surface area contributed by atoms with E-state index in [9.17, 15) is 9.90 Å². The summed E-state index contributed by atoms with van der Waals surface area (Å²) in [6.45, 7) is 7.38. The minimum Gasteiger partial charge on any atom is -0.395 e. The SMILES string of the molecule is C[C@@H]1CCc2ncnc(N3CCN(C(=O)[C@H](CCNC(CO)C4CCOCC4)c4ccc(Cl)cc4)CC3)c21. The predicted molar refractivity (Wildman–Crippen MR) is 149 cm³/mol. The van der Waals surface area contributed by atoms with Gasteiger partial charge in [-0.2, -0.15) is 0 Å². The van der Waals surface area contributed by atoms with Crippen molar-refractivity contribution < 1.29 is 14.6 Å². The summed E-state index contributed by atoms with van der Waals surface area (Å²) in [5.74, 6) is 1.82. The molecule has 1 aromatic heterocycles. The number of fused-ring (bicyclic) bond motifs is 1. The number of halogens is 1. The number of nitrogens with one attached hydrogen (secondary N) is 1. The van der Waals surface area contributed by atoms with Gasteiger partial charge in [0.05, 0.1) is 12.5 Å². The summed E-state index contributed by atoms with van der Waals surface area (Å²) in [6, 6.07) is 7.68. The number of benzene rings is 1. The second kappa shape index (κ2) is 12.7. The lowest BCUT2D eigenvalue weighted by Gasteiger charge is -2.38. The van der Waals surface area contributed by atoms with Gasteiger partial charge in [-0.05, 0) is 68.2 Å². The summed E-state index contributed by atoms with van der Waals surface area (Å²) in [6.07, 6.45) is 6.41. The third-order valence-corrected chi connectivity index (χ3v) is 8.84. The molecule has 1 unspecified atom stereocenters. The zero-order valence-electron chi connectivity index (χ0n) is 22.3. The lowest BCUT2D eigenvalue weighted by atomic mass is 9.91. The molecule has 1 aliphatic carbocycles. The molecule has 38 heavy (non-hydrogen) atoms. The van der Waals surface area contributed by atoms with Gasteiger partial charge in [-0.15, -0.1) is 0 Å². The Kier molecular flexibility index (Phi) is 9.15. The number of rotatable bonds is 9. The smallest absolute Gasteiger partial charge is 0.230 e. The number of nitrogens with zero attached hydrogens (tertiary/aromatic N) is 4. The number of aliphatic hydroxyl groups is 1. The number of hydrogen-bond acceptors (Lipinski definition) is 7. The average Bonchev–Trinajstić information content (AvgIpc) is 3.35. The fourth-order valence-electron chi connectivity index (χ4n) is 6.27. The first kappa shape index (κ1) is 27.3. The topological polar surface area (TPSA) is 90.8 Å². The molecule has 2 aromatic rings. The molecule has 206 valence electrons. The number of aliphatic hydroxyl groups excluding tert-OH is 1. The number of aromatic nitrogens is 2. The van der Waals surface area contributed by atoms with Crippen molar-refractivity contribution in [3.63, 3.8) is 0 Å². The number of anilines is 1. The van der Waals surface area contributed by atoms with E-state index in [0.29, 0.717) is 42.9 Å². The van der Waals surface area contributed by atoms with E-state index < -0.39 is 0 Å². The molecular weight excluding hydrogens is 502 g/mol. The Labute approximate surface area is 230 Å². The van der Waals surface area contributed by atoms with Gasteiger partial charge in [0.1, 0.15) is 12.1 Å². The highest BCUT2D eigenvalue weighted by atomic mass is 35.5. The molecule has 3 atom stereocenters. The van der Waals surface area contributed by atoms with Crippen molar-refractivity contribution in [1.82, 2.24) is 20.2 Å². The van der Waals surface area contributed by atoms with Crippen LogP contribution in [0.15, 0.2) is 30.6 Å². The van der Waals surface area contributed by atoms with Crippen molar-refractivity contribution in [1.29, 1.82) is 0 Å². The Hall–Kier alpha value is -2.26. The van der Waals surface area contributed by atoms with Gasteiger partial charge in [-0.25, -0.2) is 9.97 Å². The lowest BCUT2D eigenvalue weighted by molar-refractivity contribution is -0.133. The molecule has 1 aromatic carbocycles. The van der Waals surface area contributed by atoms with Crippen LogP contribution in [0.4, 0.5) is 5.82 Å². The molecule has 3 aliphatic rings. The van der Waals surface area contributed by atoms with E-state index in [1.165, 1.54) is 11.3 Å². The number of carbonyl (C=O) groups is 1. The second-order valence-electron chi connectivity index (χ2n) is 10.9. The minimum absolute atomic E-state index is 0.0281. The Morgan fingerprint density at radius 1 is 1.13 bits per heavy atom. The van der Waals surface area contributed by atoms with E-state index >= 15 is 0 Å². The van der Waals surface area contributed by atoms with E-state index in [1.54, 1.807) is 6.33 Å². The van der Waals surface area contributed by atoms with Gasteiger partial charge < -0.3 is 25.0 Å². The van der Waals surface area contributed by atoms with Crippen molar-refractivity contribution in [2.75, 3.05) is 57.4 Å². The van der Waals surface area contributed by atoms with Crippen molar-refractivity contribution in [2.45, 2.75) is 56.9 Å².